The Kier molecular flexibility index (Phi) is 60.4. The first-order chi connectivity index (χ1) is 3.46. The molecule has 0 aliphatic rings. The van der Waals surface area contributed by atoms with Crippen LogP contribution in [0.25, 0.3) is 0 Å². The van der Waals surface area contributed by atoms with Crippen LogP contribution in [0.5, 0.6) is 0 Å². The fourth-order valence-electron chi connectivity index (χ4n) is 0. The molecule has 0 heterocycles. The quantitative estimate of drug-likeness (QED) is 0.254. The largest absolute Gasteiger partial charge is 1.00 e. The summed E-state index contributed by atoms with van der Waals surface area (Å²) in [6, 6.07) is 0. The summed E-state index contributed by atoms with van der Waals surface area (Å²) in [5, 5.41) is 8.53. The van der Waals surface area contributed by atoms with Crippen LogP contribution in [0.1, 0.15) is 13.8 Å². The second-order valence-corrected chi connectivity index (χ2v) is 1.49. The van der Waals surface area contributed by atoms with E-state index in [0.717, 1.165) is 6.92 Å². The number of carboxylic acid groups (broad SMARTS) is 1. The third kappa shape index (κ3) is 269. The van der Waals surface area contributed by atoms with E-state index in [4.69, 9.17) is 9.90 Å². The number of hydrogen-bond donors (Lipinski definition) is 0. The number of hydrogen-bond acceptors (Lipinski definition) is 3. The number of carbonyl (C=O) groups is 2. The SMILES string of the molecule is CC(=O)Cl.CC(=O)[O-].[I-].[Na+].[Na+]. The van der Waals surface area contributed by atoms with Crippen LogP contribution >= 0.6 is 11.6 Å². The van der Waals surface area contributed by atoms with E-state index in [1.54, 1.807) is 0 Å². The molecule has 0 saturated carbocycles. The van der Waals surface area contributed by atoms with Crippen molar-refractivity contribution in [2.45, 2.75) is 13.8 Å². The molecule has 0 atom stereocenters. The molecule has 0 unspecified atom stereocenters. The van der Waals surface area contributed by atoms with Crippen molar-refractivity contribution in [1.29, 1.82) is 0 Å². The van der Waals surface area contributed by atoms with Crippen molar-refractivity contribution in [2.75, 3.05) is 0 Å². The first-order valence-corrected chi connectivity index (χ1v) is 2.18. The van der Waals surface area contributed by atoms with Crippen molar-refractivity contribution >= 4 is 22.8 Å². The van der Waals surface area contributed by atoms with Crippen molar-refractivity contribution in [2.24, 2.45) is 0 Å². The standard InChI is InChI=1S/C2H3ClO.C2H4O2.HI.2Na/c2*1-2(3)4;;;/h1H3;1H3,(H,3,4);1H;;/q;;;2*+1/p-2. The molecule has 0 saturated heterocycles. The molecule has 0 fully saturated rings. The summed E-state index contributed by atoms with van der Waals surface area (Å²) in [5.74, 6) is -1.08. The molecular weight excluding hydrogens is 304 g/mol. The molecule has 0 aromatic heterocycles. The zero-order valence-corrected chi connectivity index (χ0v) is 13.9. The van der Waals surface area contributed by atoms with Crippen LogP contribution < -0.4 is 88.2 Å². The van der Waals surface area contributed by atoms with Crippen molar-refractivity contribution in [3.05, 3.63) is 0 Å². The van der Waals surface area contributed by atoms with Gasteiger partial charge in [-0.1, -0.05) is 0 Å². The zero-order valence-electron chi connectivity index (χ0n) is 6.98. The van der Waals surface area contributed by atoms with Gasteiger partial charge in [-0.3, -0.25) is 4.79 Å². The average Bonchev–Trinajstić information content (AvgIpc) is 1.25. The van der Waals surface area contributed by atoms with Gasteiger partial charge in [0.2, 0.25) is 5.24 Å². The molecule has 0 aromatic carbocycles. The van der Waals surface area contributed by atoms with Gasteiger partial charge in [-0.25, -0.2) is 0 Å². The van der Waals surface area contributed by atoms with Gasteiger partial charge in [0, 0.05) is 12.9 Å². The average molecular weight is 310 g/mol. The van der Waals surface area contributed by atoms with Gasteiger partial charge in [0.25, 0.3) is 0 Å². The molecule has 0 amide bonds. The molecular formula is C4H6ClINa2O3. The molecule has 56 valence electrons. The fraction of sp³-hybridized carbons (Fsp3) is 0.500. The molecule has 7 heteroatoms. The third-order valence-electron chi connectivity index (χ3n) is 0. The zero-order chi connectivity index (χ0) is 7.15. The van der Waals surface area contributed by atoms with Crippen LogP contribution in [-0.2, 0) is 9.59 Å². The van der Waals surface area contributed by atoms with Crippen LogP contribution in [-0.4, -0.2) is 11.2 Å². The second-order valence-electron chi connectivity index (χ2n) is 0.962. The van der Waals surface area contributed by atoms with Crippen LogP contribution in [0.4, 0.5) is 0 Å². The maximum atomic E-state index is 9.21. The summed E-state index contributed by atoms with van der Waals surface area (Å²) in [6.45, 7) is 2.27. The van der Waals surface area contributed by atoms with E-state index < -0.39 is 5.97 Å². The molecule has 0 N–H and O–H groups in total. The number of aliphatic carboxylic acids is 1. The molecule has 0 rings (SSSR count). The molecule has 0 aromatic rings. The van der Waals surface area contributed by atoms with Gasteiger partial charge in [0.05, 0.1) is 0 Å². The minimum absolute atomic E-state index is 0. The summed E-state index contributed by atoms with van der Waals surface area (Å²) in [7, 11) is 0. The van der Waals surface area contributed by atoms with Crippen molar-refractivity contribution in [3.63, 3.8) is 0 Å². The minimum atomic E-state index is -1.08. The van der Waals surface area contributed by atoms with Crippen molar-refractivity contribution < 1.29 is 97.8 Å². The van der Waals surface area contributed by atoms with Gasteiger partial charge in [0.1, 0.15) is 0 Å². The Bertz CT molecular complexity index is 81.3. The van der Waals surface area contributed by atoms with E-state index in [-0.39, 0.29) is 88.3 Å². The first-order valence-electron chi connectivity index (χ1n) is 1.80. The Morgan fingerprint density at radius 3 is 1.18 bits per heavy atom. The van der Waals surface area contributed by atoms with Gasteiger partial charge in [0.15, 0.2) is 0 Å². The summed E-state index contributed by atoms with van der Waals surface area (Å²) >= 11 is 4.64. The number of carboxylic acids is 1. The van der Waals surface area contributed by atoms with Crippen LogP contribution in [0.15, 0.2) is 0 Å². The minimum Gasteiger partial charge on any atom is -1.00 e. The molecule has 3 nitrogen and oxygen atoms in total. The van der Waals surface area contributed by atoms with E-state index >= 15 is 0 Å². The predicted molar refractivity (Wildman–Crippen MR) is 27.2 cm³/mol. The summed E-state index contributed by atoms with van der Waals surface area (Å²) < 4.78 is 0. The van der Waals surface area contributed by atoms with E-state index in [1.165, 1.54) is 6.92 Å². The van der Waals surface area contributed by atoms with Gasteiger partial charge in [-0.15, -0.1) is 0 Å². The summed E-state index contributed by atoms with van der Waals surface area (Å²) in [5.41, 5.74) is 0. The fourth-order valence-corrected chi connectivity index (χ4v) is 0. The van der Waals surface area contributed by atoms with E-state index in [9.17, 15) is 4.79 Å². The van der Waals surface area contributed by atoms with Gasteiger partial charge < -0.3 is 33.9 Å². The normalized spacial score (nSPS) is 4.64. The van der Waals surface area contributed by atoms with Gasteiger partial charge in [-0.2, -0.15) is 0 Å². The number of rotatable bonds is 0. The molecule has 0 aliphatic carbocycles. The topological polar surface area (TPSA) is 57.2 Å². The second kappa shape index (κ2) is 22.7. The third-order valence-corrected chi connectivity index (χ3v) is 0. The van der Waals surface area contributed by atoms with Crippen LogP contribution in [0, 0.1) is 0 Å². The van der Waals surface area contributed by atoms with Gasteiger partial charge in [-0.05, 0) is 18.5 Å². The Morgan fingerprint density at radius 1 is 1.18 bits per heavy atom. The molecule has 11 heavy (non-hydrogen) atoms. The Balaban J connectivity index is -0.0000000171. The molecule has 0 bridgehead atoms. The number of carbonyl (C=O) groups excluding carboxylic acids is 2. The molecule has 0 spiro atoms. The Morgan fingerprint density at radius 2 is 1.18 bits per heavy atom. The maximum Gasteiger partial charge on any atom is 1.00 e. The van der Waals surface area contributed by atoms with E-state index in [1.807, 2.05) is 0 Å². The molecule has 0 radical (unpaired) electrons. The Hall–Kier alpha value is 2.16. The molecule has 0 aliphatic heterocycles. The first kappa shape index (κ1) is 29.2. The van der Waals surface area contributed by atoms with Gasteiger partial charge >= 0.3 is 59.1 Å². The Labute approximate surface area is 132 Å². The van der Waals surface area contributed by atoms with Crippen molar-refractivity contribution in [1.82, 2.24) is 0 Å². The monoisotopic (exact) mass is 310 g/mol. The summed E-state index contributed by atoms with van der Waals surface area (Å²) in [4.78, 5) is 18.1. The van der Waals surface area contributed by atoms with Crippen LogP contribution in [0.3, 0.4) is 0 Å². The predicted octanol–water partition coefficient (Wildman–Crippen LogP) is -9.46. The van der Waals surface area contributed by atoms with E-state index in [0.29, 0.717) is 0 Å². The summed E-state index contributed by atoms with van der Waals surface area (Å²) in [6.07, 6.45) is 0. The maximum absolute atomic E-state index is 9.21. The van der Waals surface area contributed by atoms with E-state index in [2.05, 4.69) is 11.6 Å². The number of halogens is 2. The van der Waals surface area contributed by atoms with Crippen molar-refractivity contribution in [3.8, 4) is 0 Å². The van der Waals surface area contributed by atoms with Crippen LogP contribution in [0.2, 0.25) is 0 Å². The smallest absolute Gasteiger partial charge is 1.00 e.